The van der Waals surface area contributed by atoms with Crippen LogP contribution >= 0.6 is 0 Å². The second-order valence-corrected chi connectivity index (χ2v) is 5.49. The third-order valence-corrected chi connectivity index (χ3v) is 3.87. The van der Waals surface area contributed by atoms with Crippen LogP contribution in [0.3, 0.4) is 0 Å². The Hall–Kier alpha value is -1.02. The van der Waals surface area contributed by atoms with E-state index >= 15 is 0 Å². The zero-order valence-corrected chi connectivity index (χ0v) is 13.1. The molecule has 0 aromatic heterocycles. The second-order valence-electron chi connectivity index (χ2n) is 5.49. The third-order valence-electron chi connectivity index (χ3n) is 3.87. The number of para-hydroxylation sites is 1. The van der Waals surface area contributed by atoms with Crippen molar-refractivity contribution in [1.29, 1.82) is 0 Å². The molecule has 1 aromatic rings. The SMILES string of the molecule is CCCN(C)C(C)COc1ccccc1C(C)CC. The zero-order chi connectivity index (χ0) is 14.3. The van der Waals surface area contributed by atoms with E-state index in [1.807, 2.05) is 0 Å². The van der Waals surface area contributed by atoms with E-state index in [1.165, 1.54) is 12.0 Å². The van der Waals surface area contributed by atoms with Gasteiger partial charge in [0.25, 0.3) is 0 Å². The summed E-state index contributed by atoms with van der Waals surface area (Å²) in [5.41, 5.74) is 1.33. The standard InChI is InChI=1S/C17H29NO/c1-6-12-18(5)15(4)13-19-17-11-9-8-10-16(17)14(3)7-2/h8-11,14-15H,6-7,12-13H2,1-5H3. The van der Waals surface area contributed by atoms with E-state index in [4.69, 9.17) is 4.74 Å². The van der Waals surface area contributed by atoms with Crippen molar-refractivity contribution >= 4 is 0 Å². The predicted molar refractivity (Wildman–Crippen MR) is 83.0 cm³/mol. The van der Waals surface area contributed by atoms with E-state index in [1.54, 1.807) is 0 Å². The number of hydrogen-bond donors (Lipinski definition) is 0. The quantitative estimate of drug-likeness (QED) is 0.693. The van der Waals surface area contributed by atoms with Crippen LogP contribution in [0.25, 0.3) is 0 Å². The van der Waals surface area contributed by atoms with E-state index in [2.05, 4.69) is 63.9 Å². The monoisotopic (exact) mass is 263 g/mol. The van der Waals surface area contributed by atoms with Crippen molar-refractivity contribution in [3.63, 3.8) is 0 Å². The summed E-state index contributed by atoms with van der Waals surface area (Å²) in [5.74, 6) is 1.61. The van der Waals surface area contributed by atoms with Gasteiger partial charge in [0.2, 0.25) is 0 Å². The lowest BCUT2D eigenvalue weighted by atomic mass is 9.98. The average molecular weight is 263 g/mol. The van der Waals surface area contributed by atoms with Gasteiger partial charge in [0.1, 0.15) is 12.4 Å². The number of rotatable bonds is 8. The van der Waals surface area contributed by atoms with Gasteiger partial charge in [-0.25, -0.2) is 0 Å². The predicted octanol–water partition coefficient (Wildman–Crippen LogP) is 4.31. The number of likely N-dealkylation sites (N-methyl/N-ethyl adjacent to an activating group) is 1. The molecule has 2 heteroatoms. The van der Waals surface area contributed by atoms with Gasteiger partial charge in [-0.1, -0.05) is 39.0 Å². The van der Waals surface area contributed by atoms with Gasteiger partial charge in [-0.3, -0.25) is 0 Å². The Labute approximate surface area is 118 Å². The van der Waals surface area contributed by atoms with Gasteiger partial charge in [0, 0.05) is 6.04 Å². The van der Waals surface area contributed by atoms with E-state index in [0.717, 1.165) is 25.3 Å². The lowest BCUT2D eigenvalue weighted by Crippen LogP contribution is -2.34. The van der Waals surface area contributed by atoms with Crippen LogP contribution in [0.5, 0.6) is 5.75 Å². The Morgan fingerprint density at radius 3 is 2.47 bits per heavy atom. The van der Waals surface area contributed by atoms with Crippen molar-refractivity contribution in [3.05, 3.63) is 29.8 Å². The fraction of sp³-hybridized carbons (Fsp3) is 0.647. The summed E-state index contributed by atoms with van der Waals surface area (Å²) < 4.78 is 6.05. The van der Waals surface area contributed by atoms with E-state index < -0.39 is 0 Å². The first-order chi connectivity index (χ1) is 9.10. The Morgan fingerprint density at radius 1 is 1.16 bits per heavy atom. The minimum absolute atomic E-state index is 0.449. The topological polar surface area (TPSA) is 12.5 Å². The van der Waals surface area contributed by atoms with Gasteiger partial charge in [-0.05, 0) is 50.9 Å². The van der Waals surface area contributed by atoms with Crippen LogP contribution in [0.4, 0.5) is 0 Å². The normalized spacial score (nSPS) is 14.4. The van der Waals surface area contributed by atoms with Gasteiger partial charge in [-0.15, -0.1) is 0 Å². The molecule has 0 spiro atoms. The van der Waals surface area contributed by atoms with Gasteiger partial charge in [0.15, 0.2) is 0 Å². The van der Waals surface area contributed by atoms with Crippen molar-refractivity contribution < 1.29 is 4.74 Å². The highest BCUT2D eigenvalue weighted by molar-refractivity contribution is 5.35. The second kappa shape index (κ2) is 8.21. The van der Waals surface area contributed by atoms with Crippen molar-refractivity contribution in [3.8, 4) is 5.75 Å². The molecule has 0 N–H and O–H groups in total. The molecule has 0 fully saturated rings. The molecule has 0 radical (unpaired) electrons. The minimum atomic E-state index is 0.449. The molecule has 2 unspecified atom stereocenters. The van der Waals surface area contributed by atoms with Crippen LogP contribution < -0.4 is 4.74 Å². The summed E-state index contributed by atoms with van der Waals surface area (Å²) in [6.07, 6.45) is 2.33. The largest absolute Gasteiger partial charge is 0.492 e. The Balaban J connectivity index is 2.62. The first kappa shape index (κ1) is 16.0. The molecule has 0 saturated heterocycles. The average Bonchev–Trinajstić information content (AvgIpc) is 2.44. The van der Waals surface area contributed by atoms with Crippen LogP contribution in [0.1, 0.15) is 52.0 Å². The van der Waals surface area contributed by atoms with E-state index in [-0.39, 0.29) is 0 Å². The summed E-state index contributed by atoms with van der Waals surface area (Å²) in [4.78, 5) is 2.35. The van der Waals surface area contributed by atoms with Crippen molar-refractivity contribution in [2.75, 3.05) is 20.2 Å². The molecule has 1 aromatic carbocycles. The minimum Gasteiger partial charge on any atom is -0.492 e. The summed E-state index contributed by atoms with van der Waals surface area (Å²) in [6, 6.07) is 8.88. The zero-order valence-electron chi connectivity index (χ0n) is 13.1. The molecule has 19 heavy (non-hydrogen) atoms. The molecule has 0 heterocycles. The summed E-state index contributed by atoms with van der Waals surface area (Å²) >= 11 is 0. The highest BCUT2D eigenvalue weighted by Gasteiger charge is 2.12. The lowest BCUT2D eigenvalue weighted by molar-refractivity contribution is 0.172. The molecule has 2 atom stereocenters. The molecule has 0 aliphatic rings. The Kier molecular flexibility index (Phi) is 6.93. The fourth-order valence-corrected chi connectivity index (χ4v) is 2.15. The third kappa shape index (κ3) is 4.87. The van der Waals surface area contributed by atoms with Crippen LogP contribution in [-0.2, 0) is 0 Å². The molecule has 1 rings (SSSR count). The van der Waals surface area contributed by atoms with Crippen molar-refractivity contribution in [1.82, 2.24) is 4.90 Å². The molecule has 0 aliphatic carbocycles. The number of ether oxygens (including phenoxy) is 1. The molecule has 0 bridgehead atoms. The molecule has 0 saturated carbocycles. The van der Waals surface area contributed by atoms with Gasteiger partial charge in [0.05, 0.1) is 0 Å². The van der Waals surface area contributed by atoms with Gasteiger partial charge < -0.3 is 9.64 Å². The highest BCUT2D eigenvalue weighted by Crippen LogP contribution is 2.28. The van der Waals surface area contributed by atoms with Crippen LogP contribution in [0, 0.1) is 0 Å². The van der Waals surface area contributed by atoms with Gasteiger partial charge >= 0.3 is 0 Å². The fourth-order valence-electron chi connectivity index (χ4n) is 2.15. The van der Waals surface area contributed by atoms with Crippen LogP contribution in [0.2, 0.25) is 0 Å². The summed E-state index contributed by atoms with van der Waals surface area (Å²) in [6.45, 7) is 10.8. The van der Waals surface area contributed by atoms with Crippen LogP contribution in [-0.4, -0.2) is 31.1 Å². The Morgan fingerprint density at radius 2 is 1.84 bits per heavy atom. The number of hydrogen-bond acceptors (Lipinski definition) is 2. The lowest BCUT2D eigenvalue weighted by Gasteiger charge is -2.25. The molecular weight excluding hydrogens is 234 g/mol. The maximum atomic E-state index is 6.05. The maximum Gasteiger partial charge on any atom is 0.122 e. The summed E-state index contributed by atoms with van der Waals surface area (Å²) in [5, 5.41) is 0. The van der Waals surface area contributed by atoms with E-state index in [9.17, 15) is 0 Å². The highest BCUT2D eigenvalue weighted by atomic mass is 16.5. The van der Waals surface area contributed by atoms with E-state index in [0.29, 0.717) is 12.0 Å². The smallest absolute Gasteiger partial charge is 0.122 e. The van der Waals surface area contributed by atoms with Crippen molar-refractivity contribution in [2.45, 2.75) is 52.5 Å². The maximum absolute atomic E-state index is 6.05. The molecule has 2 nitrogen and oxygen atoms in total. The molecule has 108 valence electrons. The van der Waals surface area contributed by atoms with Gasteiger partial charge in [-0.2, -0.15) is 0 Å². The summed E-state index contributed by atoms with van der Waals surface area (Å²) in [7, 11) is 2.16. The van der Waals surface area contributed by atoms with Crippen LogP contribution in [0.15, 0.2) is 24.3 Å². The first-order valence-electron chi connectivity index (χ1n) is 7.52. The number of nitrogens with zero attached hydrogens (tertiary/aromatic N) is 1. The Bertz CT molecular complexity index is 364. The molecule has 0 aliphatic heterocycles. The number of benzene rings is 1. The van der Waals surface area contributed by atoms with Crippen molar-refractivity contribution in [2.24, 2.45) is 0 Å². The molecule has 0 amide bonds. The molecular formula is C17H29NO. The first-order valence-corrected chi connectivity index (χ1v) is 7.52.